The normalized spacial score (nSPS) is 11.2. The molecule has 9 heteroatoms. The van der Waals surface area contributed by atoms with Gasteiger partial charge >= 0.3 is 5.97 Å². The number of halogens is 2. The summed E-state index contributed by atoms with van der Waals surface area (Å²) < 4.78 is 33.5. The molecule has 0 bridgehead atoms. The van der Waals surface area contributed by atoms with Crippen LogP contribution < -0.4 is 5.32 Å². The van der Waals surface area contributed by atoms with E-state index in [1.54, 1.807) is 29.6 Å². The number of carbonyl (C=O) groups excluding carboxylic acids is 1. The Morgan fingerprint density at radius 3 is 2.88 bits per heavy atom. The van der Waals surface area contributed by atoms with Crippen LogP contribution in [-0.2, 0) is 4.74 Å². The lowest BCUT2D eigenvalue weighted by Crippen LogP contribution is -2.04. The maximum atomic E-state index is 13.7. The topological polar surface area (TPSA) is 84.3 Å². The van der Waals surface area contributed by atoms with Gasteiger partial charge in [-0.3, -0.25) is 5.10 Å². The van der Waals surface area contributed by atoms with Crippen LogP contribution in [0.3, 0.4) is 0 Å². The summed E-state index contributed by atoms with van der Waals surface area (Å²) >= 11 is 0. The summed E-state index contributed by atoms with van der Waals surface area (Å²) in [6.07, 6.45) is 0. The number of rotatable bonds is 4. The number of imidazole rings is 1. The quantitative estimate of drug-likeness (QED) is 0.547. The summed E-state index contributed by atoms with van der Waals surface area (Å²) in [4.78, 5) is 20.3. The van der Waals surface area contributed by atoms with Crippen LogP contribution in [0.5, 0.6) is 0 Å². The molecular weight excluding hydrogens is 344 g/mol. The van der Waals surface area contributed by atoms with Crippen LogP contribution in [0, 0.1) is 11.6 Å². The predicted molar refractivity (Wildman–Crippen MR) is 90.4 cm³/mol. The van der Waals surface area contributed by atoms with Gasteiger partial charge < -0.3 is 10.1 Å². The van der Waals surface area contributed by atoms with Crippen LogP contribution in [0.25, 0.3) is 16.8 Å². The number of H-pyrrole nitrogens is 1. The number of ether oxygens (including phenoxy) is 1. The average molecular weight is 357 g/mol. The number of fused-ring (bicyclic) bond motifs is 3. The molecule has 2 heterocycles. The van der Waals surface area contributed by atoms with E-state index in [9.17, 15) is 13.6 Å². The zero-order chi connectivity index (χ0) is 18.3. The first-order chi connectivity index (χ1) is 12.5. The Morgan fingerprint density at radius 2 is 2.08 bits per heavy atom. The molecule has 4 rings (SSSR count). The van der Waals surface area contributed by atoms with Crippen LogP contribution in [0.4, 0.5) is 20.4 Å². The third kappa shape index (κ3) is 2.73. The molecule has 0 saturated heterocycles. The van der Waals surface area contributed by atoms with Gasteiger partial charge in [0.1, 0.15) is 11.6 Å². The van der Waals surface area contributed by atoms with E-state index < -0.39 is 17.6 Å². The lowest BCUT2D eigenvalue weighted by molar-refractivity contribution is 0.0526. The zero-order valence-corrected chi connectivity index (χ0v) is 13.6. The van der Waals surface area contributed by atoms with Gasteiger partial charge in [-0.2, -0.15) is 4.98 Å². The minimum Gasteiger partial charge on any atom is -0.462 e. The van der Waals surface area contributed by atoms with Crippen molar-refractivity contribution in [3.63, 3.8) is 0 Å². The van der Waals surface area contributed by atoms with Crippen LogP contribution in [-0.4, -0.2) is 32.2 Å². The highest BCUT2D eigenvalue weighted by atomic mass is 19.1. The first kappa shape index (κ1) is 16.0. The highest BCUT2D eigenvalue weighted by Crippen LogP contribution is 2.22. The minimum atomic E-state index is -0.607. The molecule has 0 amide bonds. The minimum absolute atomic E-state index is 0.0455. The Balaban J connectivity index is 1.70. The number of esters is 1. The van der Waals surface area contributed by atoms with Gasteiger partial charge in [0.2, 0.25) is 5.95 Å². The molecule has 0 unspecified atom stereocenters. The zero-order valence-electron chi connectivity index (χ0n) is 13.6. The van der Waals surface area contributed by atoms with Gasteiger partial charge in [-0.25, -0.2) is 23.1 Å². The molecule has 4 aromatic rings. The van der Waals surface area contributed by atoms with E-state index in [2.05, 4.69) is 20.4 Å². The molecule has 0 spiro atoms. The molecule has 0 aliphatic rings. The number of aromatic amines is 1. The lowest BCUT2D eigenvalue weighted by atomic mass is 10.2. The van der Waals surface area contributed by atoms with Gasteiger partial charge in [0.05, 0.1) is 28.9 Å². The van der Waals surface area contributed by atoms with E-state index in [-0.39, 0.29) is 18.2 Å². The van der Waals surface area contributed by atoms with Gasteiger partial charge in [-0.15, -0.1) is 0 Å². The van der Waals surface area contributed by atoms with Gasteiger partial charge in [-0.05, 0) is 37.3 Å². The maximum Gasteiger partial charge on any atom is 0.338 e. The van der Waals surface area contributed by atoms with E-state index in [0.29, 0.717) is 22.4 Å². The van der Waals surface area contributed by atoms with Gasteiger partial charge in [0.15, 0.2) is 0 Å². The van der Waals surface area contributed by atoms with Crippen molar-refractivity contribution >= 4 is 34.4 Å². The summed E-state index contributed by atoms with van der Waals surface area (Å²) in [7, 11) is 0. The van der Waals surface area contributed by atoms with E-state index in [4.69, 9.17) is 4.74 Å². The van der Waals surface area contributed by atoms with Crippen LogP contribution >= 0.6 is 0 Å². The number of anilines is 2. The molecule has 0 atom stereocenters. The smallest absolute Gasteiger partial charge is 0.338 e. The second-order valence-electron chi connectivity index (χ2n) is 5.49. The van der Waals surface area contributed by atoms with Gasteiger partial charge in [0.25, 0.3) is 5.78 Å². The molecule has 2 aromatic carbocycles. The van der Waals surface area contributed by atoms with Crippen LogP contribution in [0.15, 0.2) is 36.4 Å². The van der Waals surface area contributed by atoms with Crippen molar-refractivity contribution in [2.45, 2.75) is 6.92 Å². The lowest BCUT2D eigenvalue weighted by Gasteiger charge is -2.04. The monoisotopic (exact) mass is 357 g/mol. The van der Waals surface area contributed by atoms with Gasteiger partial charge in [-0.1, -0.05) is 0 Å². The first-order valence-corrected chi connectivity index (χ1v) is 7.82. The molecule has 2 aromatic heterocycles. The van der Waals surface area contributed by atoms with Crippen molar-refractivity contribution in [1.82, 2.24) is 19.6 Å². The van der Waals surface area contributed by atoms with E-state index in [1.807, 2.05) is 0 Å². The molecule has 132 valence electrons. The fourth-order valence-corrected chi connectivity index (χ4v) is 2.60. The number of hydrogen-bond donors (Lipinski definition) is 2. The highest BCUT2D eigenvalue weighted by Gasteiger charge is 2.14. The second-order valence-corrected chi connectivity index (χ2v) is 5.49. The van der Waals surface area contributed by atoms with Crippen molar-refractivity contribution < 1.29 is 18.3 Å². The van der Waals surface area contributed by atoms with E-state index >= 15 is 0 Å². The Morgan fingerprint density at radius 1 is 1.23 bits per heavy atom. The predicted octanol–water partition coefficient (Wildman–Crippen LogP) is 3.41. The summed E-state index contributed by atoms with van der Waals surface area (Å²) in [6, 6.07) is 8.02. The third-order valence-electron chi connectivity index (χ3n) is 3.76. The summed E-state index contributed by atoms with van der Waals surface area (Å²) in [5.74, 6) is -1.08. The SMILES string of the molecule is CCOC(=O)c1ccc2c(c1)nc1nc(Nc3cc(F)ccc3F)[nH]n12. The summed E-state index contributed by atoms with van der Waals surface area (Å²) in [5, 5.41) is 5.60. The number of carbonyl (C=O) groups is 1. The number of nitrogens with one attached hydrogen (secondary N) is 2. The molecular formula is C17H13F2N5O2. The van der Waals surface area contributed by atoms with E-state index in [0.717, 1.165) is 18.2 Å². The largest absolute Gasteiger partial charge is 0.462 e. The number of nitrogens with zero attached hydrogens (tertiary/aromatic N) is 3. The molecule has 26 heavy (non-hydrogen) atoms. The van der Waals surface area contributed by atoms with Crippen LogP contribution in [0.1, 0.15) is 17.3 Å². The maximum absolute atomic E-state index is 13.7. The number of aromatic nitrogens is 4. The highest BCUT2D eigenvalue weighted by molar-refractivity contribution is 5.94. The average Bonchev–Trinajstić information content (AvgIpc) is 3.14. The Bertz CT molecular complexity index is 1140. The summed E-state index contributed by atoms with van der Waals surface area (Å²) in [5.41, 5.74) is 1.57. The van der Waals surface area contributed by atoms with E-state index in [1.165, 1.54) is 0 Å². The third-order valence-corrected chi connectivity index (χ3v) is 3.76. The van der Waals surface area contributed by atoms with Crippen LogP contribution in [0.2, 0.25) is 0 Å². The molecule has 0 fully saturated rings. The van der Waals surface area contributed by atoms with Crippen molar-refractivity contribution in [2.75, 3.05) is 11.9 Å². The molecule has 0 radical (unpaired) electrons. The molecule has 7 nitrogen and oxygen atoms in total. The first-order valence-electron chi connectivity index (χ1n) is 7.82. The molecule has 0 saturated carbocycles. The Hall–Kier alpha value is -3.49. The standard InChI is InChI=1S/C17H13F2N5O2/c1-2-26-15(25)9-3-6-14-13(7-9)21-17-22-16(23-24(14)17)20-12-8-10(18)4-5-11(12)19/h3-8H,2H2,1H3,(H2,20,21,22,23). The molecule has 0 aliphatic carbocycles. The van der Waals surface area contributed by atoms with Crippen molar-refractivity contribution in [1.29, 1.82) is 0 Å². The second kappa shape index (κ2) is 6.10. The van der Waals surface area contributed by atoms with Crippen molar-refractivity contribution in [2.24, 2.45) is 0 Å². The molecule has 0 aliphatic heterocycles. The van der Waals surface area contributed by atoms with Gasteiger partial charge in [0, 0.05) is 6.07 Å². The fraction of sp³-hybridized carbons (Fsp3) is 0.118. The Labute approximate surface area is 145 Å². The molecule has 2 N–H and O–H groups in total. The summed E-state index contributed by atoms with van der Waals surface area (Å²) in [6.45, 7) is 2.02. The van der Waals surface area contributed by atoms with Crippen molar-refractivity contribution in [3.8, 4) is 0 Å². The van der Waals surface area contributed by atoms with Crippen molar-refractivity contribution in [3.05, 3.63) is 53.6 Å². The fourth-order valence-electron chi connectivity index (χ4n) is 2.60. The number of benzene rings is 2. The Kier molecular flexibility index (Phi) is 3.76. The number of hydrogen-bond acceptors (Lipinski definition) is 5.